The molecule has 2 aromatic rings. The van der Waals surface area contributed by atoms with Crippen molar-refractivity contribution in [2.45, 2.75) is 23.0 Å². The fraction of sp³-hybridized carbons (Fsp3) is 0.429. The number of nitro benzene ring substituents is 1. The number of benzene rings is 2. The maximum absolute atomic E-state index is 12.2. The van der Waals surface area contributed by atoms with E-state index in [1.807, 2.05) is 12.1 Å². The highest BCUT2D eigenvalue weighted by Gasteiger charge is 2.23. The minimum atomic E-state index is -4.02. The molecular formula is C21H25NO8S2. The van der Waals surface area contributed by atoms with Crippen LogP contribution in [0.1, 0.15) is 22.8 Å². The second-order valence-corrected chi connectivity index (χ2v) is 9.90. The van der Waals surface area contributed by atoms with Crippen molar-refractivity contribution >= 4 is 27.6 Å². The molecule has 0 amide bonds. The van der Waals surface area contributed by atoms with Gasteiger partial charge in [-0.3, -0.25) is 14.3 Å². The summed E-state index contributed by atoms with van der Waals surface area (Å²) in [6.45, 7) is 0.329. The van der Waals surface area contributed by atoms with Crippen LogP contribution in [0, 0.1) is 10.1 Å². The van der Waals surface area contributed by atoms with Crippen LogP contribution in [0.5, 0.6) is 11.5 Å². The van der Waals surface area contributed by atoms with Crippen LogP contribution in [0.3, 0.4) is 0 Å². The number of non-ortho nitro benzene ring substituents is 1. The maximum Gasteiger partial charge on any atom is 0.297 e. The first-order chi connectivity index (χ1) is 15.4. The summed E-state index contributed by atoms with van der Waals surface area (Å²) in [5.74, 6) is 2.34. The third-order valence-electron chi connectivity index (χ3n) is 4.97. The molecule has 3 rings (SSSR count). The van der Waals surface area contributed by atoms with E-state index in [1.54, 1.807) is 26.0 Å². The molecule has 0 aromatic heterocycles. The van der Waals surface area contributed by atoms with E-state index in [0.717, 1.165) is 48.4 Å². The van der Waals surface area contributed by atoms with E-state index in [-0.39, 0.29) is 29.0 Å². The van der Waals surface area contributed by atoms with Crippen LogP contribution in [-0.2, 0) is 25.5 Å². The van der Waals surface area contributed by atoms with Crippen LogP contribution < -0.4 is 9.47 Å². The Kier molecular flexibility index (Phi) is 8.35. The zero-order valence-corrected chi connectivity index (χ0v) is 19.4. The van der Waals surface area contributed by atoms with Crippen LogP contribution in [0.2, 0.25) is 0 Å². The van der Waals surface area contributed by atoms with Crippen molar-refractivity contribution in [3.8, 4) is 11.5 Å². The van der Waals surface area contributed by atoms with E-state index in [4.69, 9.17) is 18.4 Å². The van der Waals surface area contributed by atoms with Gasteiger partial charge in [0.2, 0.25) is 0 Å². The Morgan fingerprint density at radius 1 is 1.09 bits per heavy atom. The van der Waals surface area contributed by atoms with Crippen LogP contribution in [0.15, 0.2) is 41.3 Å². The number of hydrogen-bond acceptors (Lipinski definition) is 9. The van der Waals surface area contributed by atoms with Gasteiger partial charge in [-0.1, -0.05) is 0 Å². The van der Waals surface area contributed by atoms with Gasteiger partial charge in [0.15, 0.2) is 11.5 Å². The predicted octanol–water partition coefficient (Wildman–Crippen LogP) is 3.75. The van der Waals surface area contributed by atoms with Crippen molar-refractivity contribution < 1.29 is 31.7 Å². The Bertz CT molecular complexity index is 1040. The van der Waals surface area contributed by atoms with Gasteiger partial charge >= 0.3 is 0 Å². The molecule has 0 aliphatic carbocycles. The SMILES string of the molecule is COc1cc2c(cc1OC)C(COCCOS(=O)(=O)c1ccc([N+](=O)[O-])cc1)SCCC2. The molecule has 0 bridgehead atoms. The van der Waals surface area contributed by atoms with E-state index >= 15 is 0 Å². The quantitative estimate of drug-likeness (QED) is 0.216. The summed E-state index contributed by atoms with van der Waals surface area (Å²) in [7, 11) is -0.806. The molecule has 0 saturated heterocycles. The first-order valence-electron chi connectivity index (χ1n) is 9.93. The number of nitrogens with zero attached hydrogens (tertiary/aromatic N) is 1. The summed E-state index contributed by atoms with van der Waals surface area (Å²) in [6, 6.07) is 8.53. The Balaban J connectivity index is 1.56. The number of methoxy groups -OCH3 is 2. The highest BCUT2D eigenvalue weighted by atomic mass is 32.2. The molecule has 1 atom stereocenters. The molecule has 11 heteroatoms. The molecule has 1 heterocycles. The molecule has 1 aliphatic heterocycles. The van der Waals surface area contributed by atoms with Gasteiger partial charge < -0.3 is 14.2 Å². The Morgan fingerprint density at radius 2 is 1.78 bits per heavy atom. The summed E-state index contributed by atoms with van der Waals surface area (Å²) >= 11 is 1.79. The van der Waals surface area contributed by atoms with E-state index in [9.17, 15) is 18.5 Å². The average molecular weight is 484 g/mol. The van der Waals surface area contributed by atoms with Crippen molar-refractivity contribution in [2.24, 2.45) is 0 Å². The number of aryl methyl sites for hydroxylation is 1. The van der Waals surface area contributed by atoms with Gasteiger partial charge in [-0.15, -0.1) is 0 Å². The molecular weight excluding hydrogens is 458 g/mol. The normalized spacial score (nSPS) is 16.1. The zero-order valence-electron chi connectivity index (χ0n) is 17.8. The molecule has 0 spiro atoms. The third kappa shape index (κ3) is 5.91. The number of rotatable bonds is 10. The van der Waals surface area contributed by atoms with Crippen LogP contribution in [0.25, 0.3) is 0 Å². The van der Waals surface area contributed by atoms with Crippen LogP contribution in [0.4, 0.5) is 5.69 Å². The highest BCUT2D eigenvalue weighted by Crippen LogP contribution is 2.41. The number of thioether (sulfide) groups is 1. The van der Waals surface area contributed by atoms with Gasteiger partial charge in [0, 0.05) is 12.1 Å². The van der Waals surface area contributed by atoms with E-state index in [1.165, 1.54) is 5.56 Å². The van der Waals surface area contributed by atoms with Crippen molar-refractivity contribution in [3.05, 3.63) is 57.6 Å². The van der Waals surface area contributed by atoms with Gasteiger partial charge in [0.25, 0.3) is 15.8 Å². The number of hydrogen-bond donors (Lipinski definition) is 0. The van der Waals surface area contributed by atoms with Gasteiger partial charge in [-0.2, -0.15) is 20.2 Å². The largest absolute Gasteiger partial charge is 0.493 e. The summed E-state index contributed by atoms with van der Waals surface area (Å²) in [5, 5.41) is 10.8. The Labute approximate surface area is 191 Å². The minimum Gasteiger partial charge on any atom is -0.493 e. The molecule has 174 valence electrons. The first kappa shape index (κ1) is 24.3. The van der Waals surface area contributed by atoms with Gasteiger partial charge in [-0.05, 0) is 54.0 Å². The smallest absolute Gasteiger partial charge is 0.297 e. The molecule has 2 aromatic carbocycles. The Hall–Kier alpha value is -2.34. The summed E-state index contributed by atoms with van der Waals surface area (Å²) in [5.41, 5.74) is 2.13. The predicted molar refractivity (Wildman–Crippen MR) is 120 cm³/mol. The third-order valence-corrected chi connectivity index (χ3v) is 7.62. The monoisotopic (exact) mass is 483 g/mol. The second kappa shape index (κ2) is 11.0. The summed E-state index contributed by atoms with van der Waals surface area (Å²) in [6.07, 6.45) is 1.98. The number of nitro groups is 1. The standard InChI is InChI=1S/C21H25NO8S2/c1-27-19-12-15-4-3-11-31-21(18(15)13-20(19)28-2)14-29-9-10-30-32(25,26)17-7-5-16(6-8-17)22(23)24/h5-8,12-13,21H,3-4,9-11,14H2,1-2H3. The van der Waals surface area contributed by atoms with E-state index in [2.05, 4.69) is 0 Å². The maximum atomic E-state index is 12.2. The van der Waals surface area contributed by atoms with E-state index in [0.29, 0.717) is 18.1 Å². The average Bonchev–Trinajstić information content (AvgIpc) is 2.99. The lowest BCUT2D eigenvalue weighted by molar-refractivity contribution is -0.384. The second-order valence-electron chi connectivity index (χ2n) is 6.97. The first-order valence-corrected chi connectivity index (χ1v) is 12.4. The molecule has 0 N–H and O–H groups in total. The topological polar surface area (TPSA) is 114 Å². The van der Waals surface area contributed by atoms with Gasteiger partial charge in [0.05, 0.1) is 49.1 Å². The zero-order chi connectivity index (χ0) is 23.1. The lowest BCUT2D eigenvalue weighted by atomic mass is 9.99. The summed E-state index contributed by atoms with van der Waals surface area (Å²) in [4.78, 5) is 9.96. The van der Waals surface area contributed by atoms with Crippen molar-refractivity contribution in [3.63, 3.8) is 0 Å². The minimum absolute atomic E-state index is 0.0820. The fourth-order valence-corrected chi connectivity index (χ4v) is 5.44. The molecule has 0 fully saturated rings. The van der Waals surface area contributed by atoms with Crippen molar-refractivity contribution in [2.75, 3.05) is 39.8 Å². The van der Waals surface area contributed by atoms with Crippen molar-refractivity contribution in [1.29, 1.82) is 0 Å². The number of fused-ring (bicyclic) bond motifs is 1. The molecule has 32 heavy (non-hydrogen) atoms. The molecule has 1 unspecified atom stereocenters. The molecule has 0 radical (unpaired) electrons. The Morgan fingerprint density at radius 3 is 2.44 bits per heavy atom. The van der Waals surface area contributed by atoms with E-state index < -0.39 is 15.0 Å². The van der Waals surface area contributed by atoms with Crippen LogP contribution in [-0.4, -0.2) is 53.1 Å². The molecule has 0 saturated carbocycles. The van der Waals surface area contributed by atoms with Crippen LogP contribution >= 0.6 is 11.8 Å². The lowest BCUT2D eigenvalue weighted by Gasteiger charge is -2.19. The molecule has 1 aliphatic rings. The molecule has 9 nitrogen and oxygen atoms in total. The van der Waals surface area contributed by atoms with Crippen molar-refractivity contribution in [1.82, 2.24) is 0 Å². The van der Waals surface area contributed by atoms with Gasteiger partial charge in [0.1, 0.15) is 0 Å². The van der Waals surface area contributed by atoms with Gasteiger partial charge in [-0.25, -0.2) is 0 Å². The number of ether oxygens (including phenoxy) is 3. The highest BCUT2D eigenvalue weighted by molar-refractivity contribution is 7.99. The fourth-order valence-electron chi connectivity index (χ4n) is 3.36. The summed E-state index contributed by atoms with van der Waals surface area (Å²) < 4.78 is 46.1. The lowest BCUT2D eigenvalue weighted by Crippen LogP contribution is -2.14.